The van der Waals surface area contributed by atoms with Gasteiger partial charge in [-0.15, -0.1) is 0 Å². The van der Waals surface area contributed by atoms with Crippen molar-refractivity contribution in [3.05, 3.63) is 28.8 Å². The van der Waals surface area contributed by atoms with Crippen LogP contribution in [-0.2, 0) is 16.6 Å². The van der Waals surface area contributed by atoms with Crippen LogP contribution in [0.4, 0.5) is 0 Å². The maximum Gasteiger partial charge on any atom is 0.243 e. The average Bonchev–Trinajstić information content (AvgIpc) is 2.72. The highest BCUT2D eigenvalue weighted by molar-refractivity contribution is 7.89. The molecule has 0 radical (unpaired) electrons. The lowest BCUT2D eigenvalue weighted by Crippen LogP contribution is -2.34. The van der Waals surface area contributed by atoms with Gasteiger partial charge in [0, 0.05) is 24.2 Å². The highest BCUT2D eigenvalue weighted by atomic mass is 35.5. The molecule has 20 heavy (non-hydrogen) atoms. The minimum Gasteiger partial charge on any atom is -0.316 e. The van der Waals surface area contributed by atoms with E-state index in [1.54, 1.807) is 22.5 Å². The van der Waals surface area contributed by atoms with Gasteiger partial charge in [0.1, 0.15) is 0 Å². The van der Waals surface area contributed by atoms with Crippen molar-refractivity contribution < 1.29 is 8.42 Å². The molecule has 1 heterocycles. The topological polar surface area (TPSA) is 49.4 Å². The molecule has 1 saturated heterocycles. The van der Waals surface area contributed by atoms with Crippen LogP contribution in [0.2, 0.25) is 5.02 Å². The highest BCUT2D eigenvalue weighted by Crippen LogP contribution is 2.30. The Morgan fingerprint density at radius 1 is 1.40 bits per heavy atom. The van der Waals surface area contributed by atoms with Crippen LogP contribution in [0.25, 0.3) is 0 Å². The summed E-state index contributed by atoms with van der Waals surface area (Å²) < 4.78 is 26.9. The molecule has 1 aromatic carbocycles. The van der Waals surface area contributed by atoms with E-state index in [2.05, 4.69) is 12.2 Å². The summed E-state index contributed by atoms with van der Waals surface area (Å²) in [5.74, 6) is 0.402. The summed E-state index contributed by atoms with van der Waals surface area (Å²) in [6.07, 6.45) is 0.908. The largest absolute Gasteiger partial charge is 0.316 e. The minimum absolute atomic E-state index is 0.0470. The second-order valence-corrected chi connectivity index (χ2v) is 7.85. The fourth-order valence-corrected chi connectivity index (χ4v) is 4.85. The van der Waals surface area contributed by atoms with E-state index in [1.165, 1.54) is 0 Å². The van der Waals surface area contributed by atoms with Crippen molar-refractivity contribution in [1.29, 1.82) is 0 Å². The number of hydrogen-bond donors (Lipinski definition) is 1. The first kappa shape index (κ1) is 15.8. The number of nitrogens with zero attached hydrogens (tertiary/aromatic N) is 1. The fourth-order valence-electron chi connectivity index (χ4n) is 2.75. The summed E-state index contributed by atoms with van der Waals surface area (Å²) in [6.45, 7) is 5.24. The maximum atomic E-state index is 12.7. The Labute approximate surface area is 126 Å². The molecule has 1 aliphatic rings. The van der Waals surface area contributed by atoms with Crippen molar-refractivity contribution >= 4 is 21.6 Å². The second kappa shape index (κ2) is 6.02. The smallest absolute Gasteiger partial charge is 0.243 e. The van der Waals surface area contributed by atoms with Gasteiger partial charge < -0.3 is 5.32 Å². The van der Waals surface area contributed by atoms with Crippen molar-refractivity contribution in [2.24, 2.45) is 5.92 Å². The van der Waals surface area contributed by atoms with E-state index >= 15 is 0 Å². The van der Waals surface area contributed by atoms with Gasteiger partial charge in [0.05, 0.1) is 4.90 Å². The monoisotopic (exact) mass is 316 g/mol. The third-order valence-electron chi connectivity index (χ3n) is 3.73. The van der Waals surface area contributed by atoms with Gasteiger partial charge >= 0.3 is 0 Å². The molecule has 1 fully saturated rings. The Bertz CT molecular complexity index is 589. The molecular weight excluding hydrogens is 296 g/mol. The predicted octanol–water partition coefficient (Wildman–Crippen LogP) is 2.48. The van der Waals surface area contributed by atoms with Crippen molar-refractivity contribution in [2.75, 3.05) is 13.6 Å². The molecule has 0 saturated carbocycles. The van der Waals surface area contributed by atoms with Crippen LogP contribution >= 0.6 is 11.6 Å². The summed E-state index contributed by atoms with van der Waals surface area (Å²) in [6, 6.07) is 5.02. The molecule has 1 aromatic rings. The molecule has 2 unspecified atom stereocenters. The first-order chi connectivity index (χ1) is 9.36. The zero-order chi connectivity index (χ0) is 14.9. The highest BCUT2D eigenvalue weighted by Gasteiger charge is 2.36. The Hall–Kier alpha value is -0.620. The van der Waals surface area contributed by atoms with Crippen molar-refractivity contribution in [3.63, 3.8) is 0 Å². The molecule has 0 spiro atoms. The molecule has 0 bridgehead atoms. The van der Waals surface area contributed by atoms with E-state index < -0.39 is 10.0 Å². The van der Waals surface area contributed by atoms with Crippen LogP contribution in [0.1, 0.15) is 25.8 Å². The van der Waals surface area contributed by atoms with E-state index in [9.17, 15) is 8.42 Å². The number of nitrogens with one attached hydrogen (secondary N) is 1. The molecule has 6 heteroatoms. The molecule has 4 nitrogen and oxygen atoms in total. The number of halogens is 1. The molecule has 2 atom stereocenters. The SMILES string of the molecule is CNCc1ccc(S(=O)(=O)N2CC(C)CC2C)cc1Cl. The van der Waals surface area contributed by atoms with Gasteiger partial charge in [0.2, 0.25) is 10.0 Å². The lowest BCUT2D eigenvalue weighted by atomic mass is 10.1. The van der Waals surface area contributed by atoms with E-state index in [1.807, 2.05) is 14.0 Å². The van der Waals surface area contributed by atoms with Gasteiger partial charge in [-0.3, -0.25) is 0 Å². The molecule has 0 aromatic heterocycles. The maximum absolute atomic E-state index is 12.7. The Kier molecular flexibility index (Phi) is 4.74. The number of hydrogen-bond acceptors (Lipinski definition) is 3. The molecular formula is C14H21ClN2O2S. The van der Waals surface area contributed by atoms with Gasteiger partial charge in [0.15, 0.2) is 0 Å². The fraction of sp³-hybridized carbons (Fsp3) is 0.571. The molecule has 2 rings (SSSR count). The van der Waals surface area contributed by atoms with E-state index in [4.69, 9.17) is 11.6 Å². The Morgan fingerprint density at radius 3 is 2.60 bits per heavy atom. The summed E-state index contributed by atoms with van der Waals surface area (Å²) >= 11 is 6.16. The van der Waals surface area contributed by atoms with Gasteiger partial charge in [0.25, 0.3) is 0 Å². The summed E-state index contributed by atoms with van der Waals surface area (Å²) in [4.78, 5) is 0.281. The van der Waals surface area contributed by atoms with Gasteiger partial charge in [-0.1, -0.05) is 24.6 Å². The van der Waals surface area contributed by atoms with Gasteiger partial charge in [-0.05, 0) is 44.0 Å². The van der Waals surface area contributed by atoms with Crippen LogP contribution < -0.4 is 5.32 Å². The first-order valence-electron chi connectivity index (χ1n) is 6.81. The molecule has 112 valence electrons. The first-order valence-corrected chi connectivity index (χ1v) is 8.63. The normalized spacial score (nSPS) is 24.2. The summed E-state index contributed by atoms with van der Waals surface area (Å²) in [5.41, 5.74) is 0.899. The van der Waals surface area contributed by atoms with Crippen LogP contribution in [0.3, 0.4) is 0 Å². The molecule has 1 N–H and O–H groups in total. The zero-order valence-electron chi connectivity index (χ0n) is 12.1. The van der Waals surface area contributed by atoms with Crippen LogP contribution in [0.5, 0.6) is 0 Å². The second-order valence-electron chi connectivity index (χ2n) is 5.55. The number of benzene rings is 1. The molecule has 0 aliphatic carbocycles. The average molecular weight is 317 g/mol. The quantitative estimate of drug-likeness (QED) is 0.928. The van der Waals surface area contributed by atoms with E-state index in [-0.39, 0.29) is 10.9 Å². The molecule has 1 aliphatic heterocycles. The van der Waals surface area contributed by atoms with Gasteiger partial charge in [-0.2, -0.15) is 4.31 Å². The standard InChI is InChI=1S/C14H21ClN2O2S/c1-10-6-11(2)17(9-10)20(18,19)13-5-4-12(8-16-3)14(15)7-13/h4-5,7,10-11,16H,6,8-9H2,1-3H3. The van der Waals surface area contributed by atoms with E-state index in [0.717, 1.165) is 12.0 Å². The summed E-state index contributed by atoms with van der Waals surface area (Å²) in [7, 11) is -1.62. The number of rotatable bonds is 4. The summed E-state index contributed by atoms with van der Waals surface area (Å²) in [5, 5.41) is 3.49. The number of sulfonamides is 1. The Balaban J connectivity index is 2.33. The third kappa shape index (κ3) is 3.01. The van der Waals surface area contributed by atoms with Crippen LogP contribution in [0.15, 0.2) is 23.1 Å². The van der Waals surface area contributed by atoms with Crippen LogP contribution in [-0.4, -0.2) is 32.4 Å². The minimum atomic E-state index is -3.45. The lowest BCUT2D eigenvalue weighted by Gasteiger charge is -2.21. The van der Waals surface area contributed by atoms with Crippen LogP contribution in [0, 0.1) is 5.92 Å². The zero-order valence-corrected chi connectivity index (χ0v) is 13.6. The lowest BCUT2D eigenvalue weighted by molar-refractivity contribution is 0.405. The van der Waals surface area contributed by atoms with E-state index in [0.29, 0.717) is 24.0 Å². The van der Waals surface area contributed by atoms with Crippen molar-refractivity contribution in [2.45, 2.75) is 37.8 Å². The van der Waals surface area contributed by atoms with Gasteiger partial charge in [-0.25, -0.2) is 8.42 Å². The third-order valence-corrected chi connectivity index (χ3v) is 6.05. The Morgan fingerprint density at radius 2 is 2.10 bits per heavy atom. The predicted molar refractivity (Wildman–Crippen MR) is 81.4 cm³/mol. The van der Waals surface area contributed by atoms with Crippen molar-refractivity contribution in [1.82, 2.24) is 9.62 Å². The molecule has 0 amide bonds. The van der Waals surface area contributed by atoms with Crippen molar-refractivity contribution in [3.8, 4) is 0 Å².